The smallest absolute Gasteiger partial charge is 0.139 e. The van der Waals surface area contributed by atoms with Crippen LogP contribution in [0.3, 0.4) is 0 Å². The highest BCUT2D eigenvalue weighted by molar-refractivity contribution is 5.70. The van der Waals surface area contributed by atoms with Crippen molar-refractivity contribution in [3.8, 4) is 5.75 Å². The maximum absolute atomic E-state index is 10.3. The van der Waals surface area contributed by atoms with Crippen molar-refractivity contribution in [3.63, 3.8) is 0 Å². The lowest BCUT2D eigenvalue weighted by Gasteiger charge is -2.09. The van der Waals surface area contributed by atoms with Gasteiger partial charge in [-0.05, 0) is 23.6 Å². The second-order valence-electron chi connectivity index (χ2n) is 3.09. The summed E-state index contributed by atoms with van der Waals surface area (Å²) in [6.45, 7) is 1.88. The quantitative estimate of drug-likeness (QED) is 0.516. The molecule has 0 aromatic heterocycles. The van der Waals surface area contributed by atoms with Crippen LogP contribution in [-0.4, -0.2) is 11.1 Å². The third-order valence-electron chi connectivity index (χ3n) is 2.03. The molecule has 1 rings (SSSR count). The maximum atomic E-state index is 10.3. The number of hydrogen-bond acceptors (Lipinski definition) is 4. The van der Waals surface area contributed by atoms with Crippen molar-refractivity contribution in [1.82, 2.24) is 0 Å². The number of nitrogens with two attached hydrogens (primary N) is 1. The van der Waals surface area contributed by atoms with Crippen LogP contribution in [0.5, 0.6) is 5.75 Å². The van der Waals surface area contributed by atoms with E-state index in [0.29, 0.717) is 17.7 Å². The molecule has 3 N–H and O–H groups in total. The highest BCUT2D eigenvalue weighted by Gasteiger charge is 2.05. The second-order valence-corrected chi connectivity index (χ2v) is 3.09. The number of aryl methyl sites for hydroxylation is 1. The molecule has 0 radical (unpaired) electrons. The zero-order chi connectivity index (χ0) is 10.7. The van der Waals surface area contributed by atoms with Gasteiger partial charge in [-0.1, -0.05) is 13.0 Å². The largest absolute Gasteiger partial charge is 0.550 e. The van der Waals surface area contributed by atoms with Gasteiger partial charge in [-0.25, -0.2) is 0 Å². The zero-order valence-corrected chi connectivity index (χ0v) is 7.91. The van der Waals surface area contributed by atoms with E-state index in [0.717, 1.165) is 5.56 Å². The van der Waals surface area contributed by atoms with E-state index in [-0.39, 0.29) is 12.2 Å². The lowest BCUT2D eigenvalue weighted by molar-refractivity contribution is -0.304. The molecule has 0 aliphatic carbocycles. The predicted octanol–water partition coefficient (Wildman–Crippen LogP) is -0.171. The highest BCUT2D eigenvalue weighted by Crippen LogP contribution is 2.26. The summed E-state index contributed by atoms with van der Waals surface area (Å²) in [6.07, 6.45) is 0.446. The third-order valence-corrected chi connectivity index (χ3v) is 2.03. The Balaban J connectivity index is 3.09. The van der Waals surface area contributed by atoms with Gasteiger partial charge in [0.25, 0.3) is 0 Å². The van der Waals surface area contributed by atoms with Crippen molar-refractivity contribution in [2.45, 2.75) is 19.8 Å². The maximum Gasteiger partial charge on any atom is 0.139 e. The Morgan fingerprint density at radius 1 is 1.57 bits per heavy atom. The standard InChI is InChI=1S/C10H13NO3/c1-2-7-3-6(5-9(13)14)4-8(12)10(7)11/h3-4,12H,2,5,11H2,1H3,(H,13,14)/p-1. The van der Waals surface area contributed by atoms with Crippen molar-refractivity contribution in [3.05, 3.63) is 23.3 Å². The summed E-state index contributed by atoms with van der Waals surface area (Å²) in [5.74, 6) is -1.24. The first-order chi connectivity index (χ1) is 6.54. The molecular weight excluding hydrogens is 182 g/mol. The van der Waals surface area contributed by atoms with Gasteiger partial charge in [-0.2, -0.15) is 0 Å². The molecule has 1 aromatic rings. The number of benzene rings is 1. The Morgan fingerprint density at radius 2 is 2.21 bits per heavy atom. The summed E-state index contributed by atoms with van der Waals surface area (Å²) < 4.78 is 0. The Kier molecular flexibility index (Phi) is 2.96. The van der Waals surface area contributed by atoms with E-state index in [2.05, 4.69) is 0 Å². The van der Waals surface area contributed by atoms with Crippen LogP contribution in [0.2, 0.25) is 0 Å². The van der Waals surface area contributed by atoms with Crippen molar-refractivity contribution >= 4 is 11.7 Å². The molecule has 4 heteroatoms. The van der Waals surface area contributed by atoms with Gasteiger partial charge in [-0.15, -0.1) is 0 Å². The van der Waals surface area contributed by atoms with Crippen LogP contribution < -0.4 is 10.8 Å². The molecule has 0 heterocycles. The molecule has 0 fully saturated rings. The molecular formula is C10H12NO3-. The van der Waals surface area contributed by atoms with E-state index in [1.54, 1.807) is 6.07 Å². The summed E-state index contributed by atoms with van der Waals surface area (Å²) >= 11 is 0. The van der Waals surface area contributed by atoms with Crippen LogP contribution in [0, 0.1) is 0 Å². The van der Waals surface area contributed by atoms with Crippen LogP contribution in [0.25, 0.3) is 0 Å². The zero-order valence-electron chi connectivity index (χ0n) is 7.91. The highest BCUT2D eigenvalue weighted by atomic mass is 16.4. The Morgan fingerprint density at radius 3 is 2.71 bits per heavy atom. The number of hydrogen-bond donors (Lipinski definition) is 2. The number of rotatable bonds is 3. The number of phenolic OH excluding ortho intramolecular Hbond substituents is 1. The summed E-state index contributed by atoms with van der Waals surface area (Å²) in [4.78, 5) is 10.3. The van der Waals surface area contributed by atoms with Crippen molar-refractivity contribution in [2.24, 2.45) is 0 Å². The summed E-state index contributed by atoms with van der Waals surface area (Å²) in [5.41, 5.74) is 7.15. The van der Waals surface area contributed by atoms with Crippen molar-refractivity contribution < 1.29 is 15.0 Å². The Hall–Kier alpha value is -1.71. The fourth-order valence-corrected chi connectivity index (χ4v) is 1.32. The van der Waals surface area contributed by atoms with Crippen LogP contribution in [0.4, 0.5) is 5.69 Å². The molecule has 0 spiro atoms. The van der Waals surface area contributed by atoms with E-state index in [9.17, 15) is 15.0 Å². The van der Waals surface area contributed by atoms with E-state index < -0.39 is 5.97 Å². The van der Waals surface area contributed by atoms with E-state index >= 15 is 0 Å². The van der Waals surface area contributed by atoms with Crippen LogP contribution in [-0.2, 0) is 17.6 Å². The minimum absolute atomic E-state index is 0.0689. The second kappa shape index (κ2) is 4.00. The van der Waals surface area contributed by atoms with Gasteiger partial charge in [-0.3, -0.25) is 0 Å². The SMILES string of the molecule is CCc1cc(CC(=O)[O-])cc(O)c1N. The Labute approximate surface area is 82.0 Å². The van der Waals surface area contributed by atoms with E-state index in [4.69, 9.17) is 5.73 Å². The number of carbonyl (C=O) groups is 1. The van der Waals surface area contributed by atoms with Gasteiger partial charge < -0.3 is 20.7 Å². The average molecular weight is 194 g/mol. The third kappa shape index (κ3) is 2.16. The number of aliphatic carboxylic acids is 1. The number of carbonyl (C=O) groups excluding carboxylic acids is 1. The van der Waals surface area contributed by atoms with Gasteiger partial charge >= 0.3 is 0 Å². The van der Waals surface area contributed by atoms with E-state index in [1.807, 2.05) is 6.92 Å². The number of nitrogen functional groups attached to an aromatic ring is 1. The molecule has 0 amide bonds. The molecule has 0 aliphatic heterocycles. The summed E-state index contributed by atoms with van der Waals surface area (Å²) in [5, 5.41) is 19.7. The van der Waals surface area contributed by atoms with Gasteiger partial charge in [0.2, 0.25) is 0 Å². The number of aromatic hydroxyl groups is 1. The van der Waals surface area contributed by atoms with Gasteiger partial charge in [0.05, 0.1) is 5.69 Å². The molecule has 0 bridgehead atoms. The topological polar surface area (TPSA) is 86.4 Å². The van der Waals surface area contributed by atoms with Crippen molar-refractivity contribution in [1.29, 1.82) is 0 Å². The molecule has 0 saturated carbocycles. The minimum atomic E-state index is -1.17. The monoisotopic (exact) mass is 194 g/mol. The molecule has 14 heavy (non-hydrogen) atoms. The van der Waals surface area contributed by atoms with E-state index in [1.165, 1.54) is 6.07 Å². The normalized spacial score (nSPS) is 10.1. The van der Waals surface area contributed by atoms with Crippen LogP contribution in [0.15, 0.2) is 12.1 Å². The predicted molar refractivity (Wildman–Crippen MR) is 50.6 cm³/mol. The molecule has 0 aliphatic rings. The average Bonchev–Trinajstić information content (AvgIpc) is 2.10. The number of carboxylic acids is 1. The first-order valence-corrected chi connectivity index (χ1v) is 4.34. The summed E-state index contributed by atoms with van der Waals surface area (Å²) in [7, 11) is 0. The number of anilines is 1. The number of carboxylic acid groups (broad SMARTS) is 1. The van der Waals surface area contributed by atoms with Gasteiger partial charge in [0.1, 0.15) is 5.75 Å². The molecule has 4 nitrogen and oxygen atoms in total. The fraction of sp³-hybridized carbons (Fsp3) is 0.300. The van der Waals surface area contributed by atoms with Gasteiger partial charge in [0, 0.05) is 12.4 Å². The molecule has 0 saturated heterocycles. The first kappa shape index (κ1) is 10.4. The Bertz CT molecular complexity index is 361. The first-order valence-electron chi connectivity index (χ1n) is 4.34. The minimum Gasteiger partial charge on any atom is -0.550 e. The van der Waals surface area contributed by atoms with Crippen LogP contribution >= 0.6 is 0 Å². The molecule has 0 atom stereocenters. The lowest BCUT2D eigenvalue weighted by Crippen LogP contribution is -2.24. The fourth-order valence-electron chi connectivity index (χ4n) is 1.32. The lowest BCUT2D eigenvalue weighted by atomic mass is 10.0. The summed E-state index contributed by atoms with van der Waals surface area (Å²) in [6, 6.07) is 3.02. The van der Waals surface area contributed by atoms with Crippen molar-refractivity contribution in [2.75, 3.05) is 5.73 Å². The van der Waals surface area contributed by atoms with Gasteiger partial charge in [0.15, 0.2) is 0 Å². The molecule has 76 valence electrons. The number of phenols is 1. The van der Waals surface area contributed by atoms with Crippen LogP contribution in [0.1, 0.15) is 18.1 Å². The molecule has 1 aromatic carbocycles. The molecule has 0 unspecified atom stereocenters.